The molecule has 1 rings (SSSR count). The molecule has 0 aromatic heterocycles. The molecule has 0 amide bonds. The molecule has 0 heterocycles. The normalized spacial score (nSPS) is 14.7. The first-order valence-electron chi connectivity index (χ1n) is 14.1. The highest BCUT2D eigenvalue weighted by molar-refractivity contribution is 5.83. The third kappa shape index (κ3) is 11.2. The minimum absolute atomic E-state index is 0.149. The van der Waals surface area contributed by atoms with Crippen molar-refractivity contribution in [3.05, 3.63) is 23.8 Å². The number of hydrogen-bond donors (Lipinski definition) is 2. The molecule has 0 radical (unpaired) electrons. The van der Waals surface area contributed by atoms with Crippen LogP contribution in [0.25, 0.3) is 0 Å². The van der Waals surface area contributed by atoms with Gasteiger partial charge in [-0.2, -0.15) is 0 Å². The fourth-order valence-corrected chi connectivity index (χ4v) is 3.17. The summed E-state index contributed by atoms with van der Waals surface area (Å²) < 4.78 is 27.1. The van der Waals surface area contributed by atoms with Crippen LogP contribution in [0.4, 0.5) is 9.59 Å². The standard InChI is InChI=1S/C30H47NO10/c1-11-19(5)24(32)39-30(25(33)34,31-20(6)12-2)18-21-15-16-22(37-26(35)40-28(7,8)13-3)23(17-21)38-27(36)41-29(9,10)14-4/h15-17,19-20,31H,11-14,18H2,1-10H3,(H,33,34)/t19?,20?,30-/m0/s1. The minimum atomic E-state index is -2.12. The minimum Gasteiger partial charge on any atom is -0.477 e. The number of carbonyl (C=O) groups excluding carboxylic acids is 3. The molecular weight excluding hydrogens is 534 g/mol. The topological polar surface area (TPSA) is 147 Å². The Hall–Kier alpha value is -3.34. The molecule has 0 saturated carbocycles. The van der Waals surface area contributed by atoms with Crippen molar-refractivity contribution >= 4 is 24.2 Å². The Bertz CT molecular complexity index is 1070. The van der Waals surface area contributed by atoms with E-state index in [4.69, 9.17) is 23.7 Å². The van der Waals surface area contributed by atoms with E-state index >= 15 is 0 Å². The molecule has 232 valence electrons. The van der Waals surface area contributed by atoms with Crippen molar-refractivity contribution in [3.8, 4) is 11.5 Å². The lowest BCUT2D eigenvalue weighted by Crippen LogP contribution is -2.60. The van der Waals surface area contributed by atoms with E-state index in [1.54, 1.807) is 48.5 Å². The Morgan fingerprint density at radius 1 is 0.805 bits per heavy atom. The van der Waals surface area contributed by atoms with Gasteiger partial charge in [0.05, 0.1) is 5.92 Å². The second-order valence-corrected chi connectivity index (χ2v) is 11.4. The molecule has 3 atom stereocenters. The van der Waals surface area contributed by atoms with E-state index in [0.717, 1.165) is 0 Å². The maximum absolute atomic E-state index is 12.8. The Morgan fingerprint density at radius 2 is 1.32 bits per heavy atom. The summed E-state index contributed by atoms with van der Waals surface area (Å²) in [6.45, 7) is 17.6. The van der Waals surface area contributed by atoms with Gasteiger partial charge in [0, 0.05) is 12.5 Å². The number of benzene rings is 1. The van der Waals surface area contributed by atoms with Crippen molar-refractivity contribution in [1.82, 2.24) is 5.32 Å². The Balaban J connectivity index is 3.55. The summed E-state index contributed by atoms with van der Waals surface area (Å²) >= 11 is 0. The molecule has 41 heavy (non-hydrogen) atoms. The van der Waals surface area contributed by atoms with Gasteiger partial charge in [-0.3, -0.25) is 10.1 Å². The molecule has 11 nitrogen and oxygen atoms in total. The molecule has 0 saturated heterocycles. The summed E-state index contributed by atoms with van der Waals surface area (Å²) in [4.78, 5) is 50.5. The lowest BCUT2D eigenvalue weighted by atomic mass is 9.99. The molecule has 11 heteroatoms. The van der Waals surface area contributed by atoms with Crippen LogP contribution in [0.1, 0.15) is 100 Å². The smallest absolute Gasteiger partial charge is 0.477 e. The van der Waals surface area contributed by atoms with Crippen molar-refractivity contribution in [2.75, 3.05) is 0 Å². The van der Waals surface area contributed by atoms with Crippen LogP contribution in [0.15, 0.2) is 18.2 Å². The molecule has 1 aromatic rings. The monoisotopic (exact) mass is 581 g/mol. The number of carboxylic acids is 1. The number of hydrogen-bond acceptors (Lipinski definition) is 10. The van der Waals surface area contributed by atoms with Crippen LogP contribution < -0.4 is 14.8 Å². The summed E-state index contributed by atoms with van der Waals surface area (Å²) in [6, 6.07) is 3.84. The molecule has 0 aliphatic heterocycles. The van der Waals surface area contributed by atoms with Gasteiger partial charge in [0.15, 0.2) is 11.5 Å². The SMILES string of the molecule is CCC(C)N[C@@](Cc1ccc(OC(=O)OC(C)(C)CC)c(OC(=O)OC(C)(C)CC)c1)(OC(=O)C(C)CC)C(=O)O. The molecule has 0 spiro atoms. The number of nitrogens with one attached hydrogen (secondary N) is 1. The molecule has 0 aliphatic rings. The number of rotatable bonds is 15. The maximum Gasteiger partial charge on any atom is 0.514 e. The predicted molar refractivity (Wildman–Crippen MR) is 152 cm³/mol. The fraction of sp³-hybridized carbons (Fsp3) is 0.667. The summed E-state index contributed by atoms with van der Waals surface area (Å²) in [5, 5.41) is 13.2. The second-order valence-electron chi connectivity index (χ2n) is 11.4. The Kier molecular flexibility index (Phi) is 13.1. The average molecular weight is 582 g/mol. The van der Waals surface area contributed by atoms with E-state index in [1.165, 1.54) is 18.2 Å². The van der Waals surface area contributed by atoms with Gasteiger partial charge in [-0.1, -0.05) is 40.7 Å². The van der Waals surface area contributed by atoms with Crippen LogP contribution in [0, 0.1) is 5.92 Å². The zero-order valence-electron chi connectivity index (χ0n) is 26.0. The van der Waals surface area contributed by atoms with Gasteiger partial charge in [-0.05, 0) is 78.0 Å². The number of aliphatic carboxylic acids is 1. The summed E-state index contributed by atoms with van der Waals surface area (Å²) in [6.07, 6.45) is -0.333. The maximum atomic E-state index is 12.8. The van der Waals surface area contributed by atoms with Gasteiger partial charge in [-0.25, -0.2) is 14.4 Å². The van der Waals surface area contributed by atoms with E-state index in [2.05, 4.69) is 5.32 Å². The van der Waals surface area contributed by atoms with Crippen molar-refractivity contribution in [2.24, 2.45) is 5.92 Å². The van der Waals surface area contributed by atoms with Crippen molar-refractivity contribution in [2.45, 2.75) is 124 Å². The number of carbonyl (C=O) groups is 4. The van der Waals surface area contributed by atoms with E-state index in [9.17, 15) is 24.3 Å². The van der Waals surface area contributed by atoms with Gasteiger partial charge in [0.2, 0.25) is 0 Å². The zero-order chi connectivity index (χ0) is 31.6. The number of carboxylic acid groups (broad SMARTS) is 1. The Morgan fingerprint density at radius 3 is 1.76 bits per heavy atom. The van der Waals surface area contributed by atoms with Crippen LogP contribution in [0.5, 0.6) is 11.5 Å². The molecular formula is C30H47NO10. The van der Waals surface area contributed by atoms with Crippen LogP contribution >= 0.6 is 0 Å². The largest absolute Gasteiger partial charge is 0.514 e. The molecule has 2 N–H and O–H groups in total. The molecule has 0 aliphatic carbocycles. The molecule has 0 bridgehead atoms. The first-order valence-corrected chi connectivity index (χ1v) is 14.1. The second kappa shape index (κ2) is 15.0. The van der Waals surface area contributed by atoms with Gasteiger partial charge < -0.3 is 28.8 Å². The van der Waals surface area contributed by atoms with Crippen molar-refractivity contribution < 1.29 is 48.0 Å². The van der Waals surface area contributed by atoms with E-state index in [0.29, 0.717) is 31.2 Å². The van der Waals surface area contributed by atoms with Gasteiger partial charge in [-0.15, -0.1) is 0 Å². The van der Waals surface area contributed by atoms with E-state index in [1.807, 2.05) is 20.8 Å². The molecule has 2 unspecified atom stereocenters. The Labute approximate surface area is 243 Å². The lowest BCUT2D eigenvalue weighted by Gasteiger charge is -2.34. The lowest BCUT2D eigenvalue weighted by molar-refractivity contribution is -0.187. The number of ether oxygens (including phenoxy) is 5. The summed E-state index contributed by atoms with van der Waals surface area (Å²) in [5.74, 6) is -2.95. The molecule has 0 fully saturated rings. The highest BCUT2D eigenvalue weighted by Gasteiger charge is 2.44. The van der Waals surface area contributed by atoms with Crippen molar-refractivity contribution in [3.63, 3.8) is 0 Å². The number of esters is 1. The van der Waals surface area contributed by atoms with Gasteiger partial charge in [0.1, 0.15) is 11.2 Å². The fourth-order valence-electron chi connectivity index (χ4n) is 3.17. The third-order valence-corrected chi connectivity index (χ3v) is 7.00. The van der Waals surface area contributed by atoms with E-state index < -0.39 is 47.1 Å². The average Bonchev–Trinajstić information content (AvgIpc) is 2.88. The van der Waals surface area contributed by atoms with Crippen LogP contribution in [-0.4, -0.2) is 52.3 Å². The van der Waals surface area contributed by atoms with E-state index in [-0.39, 0.29) is 24.0 Å². The predicted octanol–water partition coefficient (Wildman–Crippen LogP) is 6.40. The van der Waals surface area contributed by atoms with Gasteiger partial charge >= 0.3 is 24.2 Å². The highest BCUT2D eigenvalue weighted by atomic mass is 16.8. The summed E-state index contributed by atoms with van der Waals surface area (Å²) in [5.41, 5.74) is -3.44. The summed E-state index contributed by atoms with van der Waals surface area (Å²) in [7, 11) is 0. The third-order valence-electron chi connectivity index (χ3n) is 7.00. The van der Waals surface area contributed by atoms with Crippen LogP contribution in [0.3, 0.4) is 0 Å². The first kappa shape index (κ1) is 35.7. The highest BCUT2D eigenvalue weighted by Crippen LogP contribution is 2.33. The van der Waals surface area contributed by atoms with Gasteiger partial charge in [0.25, 0.3) is 5.72 Å². The first-order chi connectivity index (χ1) is 18.9. The molecule has 1 aromatic carbocycles. The van der Waals surface area contributed by atoms with Crippen LogP contribution in [0.2, 0.25) is 0 Å². The van der Waals surface area contributed by atoms with Crippen LogP contribution in [-0.2, 0) is 30.2 Å². The zero-order valence-corrected chi connectivity index (χ0v) is 26.0. The quantitative estimate of drug-likeness (QED) is 0.103. The van der Waals surface area contributed by atoms with Crippen molar-refractivity contribution in [1.29, 1.82) is 0 Å².